The highest BCUT2D eigenvalue weighted by Crippen LogP contribution is 2.57. The molecule has 0 aliphatic carbocycles. The molecular weight excluding hydrogens is 438 g/mol. The molecule has 3 heteroatoms. The summed E-state index contributed by atoms with van der Waals surface area (Å²) in [4.78, 5) is 9.83. The van der Waals surface area contributed by atoms with E-state index in [0.717, 1.165) is 0 Å². The summed E-state index contributed by atoms with van der Waals surface area (Å²) < 4.78 is 0. The highest BCUT2D eigenvalue weighted by atomic mass is 15.2. The number of hydrogen-bond acceptors (Lipinski definition) is 1. The first kappa shape index (κ1) is 19.8. The van der Waals surface area contributed by atoms with Crippen LogP contribution in [-0.4, -0.2) is 9.97 Å². The summed E-state index contributed by atoms with van der Waals surface area (Å²) in [5.41, 5.74) is 10.9. The minimum absolute atomic E-state index is 0.201. The Hall–Kier alpha value is -4.50. The Kier molecular flexibility index (Phi) is 3.73. The number of nitrogens with zero attached hydrogens (tertiary/aromatic N) is 1. The second-order valence-corrected chi connectivity index (χ2v) is 10.4. The average Bonchev–Trinajstić information content (AvgIpc) is 3.47. The number of H-pyrrole nitrogens is 2. The van der Waals surface area contributed by atoms with Gasteiger partial charge in [-0.15, -0.1) is 0 Å². The molecule has 5 aromatic carbocycles. The van der Waals surface area contributed by atoms with Crippen molar-refractivity contribution in [1.82, 2.24) is 9.97 Å². The van der Waals surface area contributed by atoms with Crippen LogP contribution in [0.2, 0.25) is 0 Å². The summed E-state index contributed by atoms with van der Waals surface area (Å²) in [5.74, 6) is 0. The summed E-state index contributed by atoms with van der Waals surface area (Å²) in [6, 6.07) is 37.3. The normalized spacial score (nSPS) is 14.6. The fraction of sp³-hybridized carbons (Fsp3) is 0.0909. The zero-order valence-electron chi connectivity index (χ0n) is 20.3. The fourth-order valence-electron chi connectivity index (χ4n) is 6.51. The van der Waals surface area contributed by atoms with Crippen LogP contribution >= 0.6 is 0 Å². The van der Waals surface area contributed by atoms with Gasteiger partial charge in [0.15, 0.2) is 0 Å². The standard InChI is InChI=1S/C33H25N3/c1-33(2)23-16-17-27-30(22-13-7-9-15-25(22)35-27)32(23)36(20-10-4-3-5-11-20)28-19-18-26-29(31(28)33)21-12-6-8-14-24(21)34-26/h3-19,34-35H,1-2H3. The molecule has 0 atom stereocenters. The Bertz CT molecular complexity index is 1970. The SMILES string of the molecule is CC1(C)c2ccc3[nH]c4ccccc4c3c2N(c2ccccc2)c2ccc3[nH]c4ccccc4c3c21. The molecule has 0 amide bonds. The molecule has 1 aliphatic heterocycles. The fourth-order valence-corrected chi connectivity index (χ4v) is 6.51. The molecule has 3 heterocycles. The van der Waals surface area contributed by atoms with Gasteiger partial charge in [-0.25, -0.2) is 0 Å². The second-order valence-electron chi connectivity index (χ2n) is 10.4. The van der Waals surface area contributed by atoms with Gasteiger partial charge in [-0.3, -0.25) is 0 Å². The molecule has 7 aromatic rings. The number of para-hydroxylation sites is 3. The van der Waals surface area contributed by atoms with Crippen molar-refractivity contribution in [3.8, 4) is 0 Å². The Morgan fingerprint density at radius 3 is 1.86 bits per heavy atom. The molecule has 0 saturated carbocycles. The molecule has 172 valence electrons. The Labute approximate surface area is 209 Å². The number of benzene rings is 5. The van der Waals surface area contributed by atoms with E-state index >= 15 is 0 Å². The highest BCUT2D eigenvalue weighted by Gasteiger charge is 2.40. The van der Waals surface area contributed by atoms with Crippen LogP contribution in [0.1, 0.15) is 25.0 Å². The minimum Gasteiger partial charge on any atom is -0.354 e. The molecule has 0 spiro atoms. The third kappa shape index (κ3) is 2.42. The lowest BCUT2D eigenvalue weighted by atomic mass is 9.71. The van der Waals surface area contributed by atoms with Gasteiger partial charge in [0.05, 0.1) is 11.4 Å². The van der Waals surface area contributed by atoms with E-state index in [2.05, 4.69) is 132 Å². The molecule has 0 radical (unpaired) electrons. The maximum absolute atomic E-state index is 3.67. The summed E-state index contributed by atoms with van der Waals surface area (Å²) in [5, 5.41) is 5.14. The summed E-state index contributed by atoms with van der Waals surface area (Å²) in [6.07, 6.45) is 0. The van der Waals surface area contributed by atoms with Gasteiger partial charge in [0, 0.05) is 54.7 Å². The first-order valence-electron chi connectivity index (χ1n) is 12.6. The van der Waals surface area contributed by atoms with E-state index in [1.165, 1.54) is 71.8 Å². The van der Waals surface area contributed by atoms with Gasteiger partial charge in [0.2, 0.25) is 0 Å². The van der Waals surface area contributed by atoms with Gasteiger partial charge in [-0.05, 0) is 53.6 Å². The molecule has 3 nitrogen and oxygen atoms in total. The van der Waals surface area contributed by atoms with Crippen molar-refractivity contribution in [1.29, 1.82) is 0 Å². The van der Waals surface area contributed by atoms with Crippen LogP contribution in [-0.2, 0) is 5.41 Å². The second kappa shape index (κ2) is 6.79. The smallest absolute Gasteiger partial charge is 0.0602 e. The van der Waals surface area contributed by atoms with Crippen molar-refractivity contribution >= 4 is 60.7 Å². The molecule has 2 aromatic heterocycles. The predicted molar refractivity (Wildman–Crippen MR) is 152 cm³/mol. The van der Waals surface area contributed by atoms with Gasteiger partial charge in [-0.1, -0.05) is 74.5 Å². The van der Waals surface area contributed by atoms with Gasteiger partial charge in [0.1, 0.15) is 0 Å². The van der Waals surface area contributed by atoms with Gasteiger partial charge < -0.3 is 14.9 Å². The van der Waals surface area contributed by atoms with E-state index < -0.39 is 0 Å². The zero-order chi connectivity index (χ0) is 24.0. The molecule has 0 unspecified atom stereocenters. The number of aromatic nitrogens is 2. The topological polar surface area (TPSA) is 34.8 Å². The molecule has 0 saturated heterocycles. The first-order chi connectivity index (χ1) is 17.6. The number of fused-ring (bicyclic) bond motifs is 10. The van der Waals surface area contributed by atoms with Crippen LogP contribution in [0.4, 0.5) is 17.1 Å². The monoisotopic (exact) mass is 463 g/mol. The van der Waals surface area contributed by atoms with Crippen molar-refractivity contribution in [3.05, 3.63) is 114 Å². The van der Waals surface area contributed by atoms with E-state index in [4.69, 9.17) is 0 Å². The molecule has 1 aliphatic rings. The lowest BCUT2D eigenvalue weighted by molar-refractivity contribution is 0.640. The molecule has 0 bridgehead atoms. The molecule has 2 N–H and O–H groups in total. The maximum Gasteiger partial charge on any atom is 0.0602 e. The molecule has 8 rings (SSSR count). The third-order valence-electron chi connectivity index (χ3n) is 8.07. The van der Waals surface area contributed by atoms with Crippen LogP contribution < -0.4 is 4.90 Å². The first-order valence-corrected chi connectivity index (χ1v) is 12.6. The number of anilines is 3. The number of rotatable bonds is 1. The lowest BCUT2D eigenvalue weighted by Crippen LogP contribution is -2.31. The molecule has 36 heavy (non-hydrogen) atoms. The Balaban J connectivity index is 1.59. The van der Waals surface area contributed by atoms with Crippen LogP contribution in [0.3, 0.4) is 0 Å². The van der Waals surface area contributed by atoms with Crippen LogP contribution in [0, 0.1) is 0 Å². The third-order valence-corrected chi connectivity index (χ3v) is 8.07. The van der Waals surface area contributed by atoms with E-state index in [-0.39, 0.29) is 5.41 Å². The summed E-state index contributed by atoms with van der Waals surface area (Å²) in [7, 11) is 0. The minimum atomic E-state index is -0.201. The van der Waals surface area contributed by atoms with Gasteiger partial charge in [0.25, 0.3) is 0 Å². The van der Waals surface area contributed by atoms with Gasteiger partial charge >= 0.3 is 0 Å². The number of nitrogens with one attached hydrogen (secondary N) is 2. The van der Waals surface area contributed by atoms with Crippen molar-refractivity contribution in [2.45, 2.75) is 19.3 Å². The van der Waals surface area contributed by atoms with Crippen molar-refractivity contribution < 1.29 is 0 Å². The van der Waals surface area contributed by atoms with E-state index in [1.54, 1.807) is 0 Å². The van der Waals surface area contributed by atoms with Gasteiger partial charge in [-0.2, -0.15) is 0 Å². The van der Waals surface area contributed by atoms with Crippen molar-refractivity contribution in [3.63, 3.8) is 0 Å². The molecular formula is C33H25N3. The summed E-state index contributed by atoms with van der Waals surface area (Å²) in [6.45, 7) is 4.77. The zero-order valence-corrected chi connectivity index (χ0v) is 20.3. The highest BCUT2D eigenvalue weighted by molar-refractivity contribution is 6.19. The van der Waals surface area contributed by atoms with E-state index in [1.807, 2.05) is 0 Å². The Morgan fingerprint density at radius 2 is 1.14 bits per heavy atom. The van der Waals surface area contributed by atoms with E-state index in [0.29, 0.717) is 0 Å². The largest absolute Gasteiger partial charge is 0.354 e. The quantitative estimate of drug-likeness (QED) is 0.250. The Morgan fingerprint density at radius 1 is 0.556 bits per heavy atom. The summed E-state index contributed by atoms with van der Waals surface area (Å²) >= 11 is 0. The lowest BCUT2D eigenvalue weighted by Gasteiger charge is -2.43. The molecule has 0 fully saturated rings. The van der Waals surface area contributed by atoms with Crippen molar-refractivity contribution in [2.75, 3.05) is 4.90 Å². The van der Waals surface area contributed by atoms with Crippen LogP contribution in [0.15, 0.2) is 103 Å². The number of aromatic amines is 2. The maximum atomic E-state index is 3.67. The van der Waals surface area contributed by atoms with E-state index in [9.17, 15) is 0 Å². The van der Waals surface area contributed by atoms with Crippen LogP contribution in [0.5, 0.6) is 0 Å². The average molecular weight is 464 g/mol. The van der Waals surface area contributed by atoms with Crippen LogP contribution in [0.25, 0.3) is 43.6 Å². The number of hydrogen-bond donors (Lipinski definition) is 2. The van der Waals surface area contributed by atoms with Crippen molar-refractivity contribution in [2.24, 2.45) is 0 Å². The predicted octanol–water partition coefficient (Wildman–Crippen LogP) is 9.06.